The van der Waals surface area contributed by atoms with Crippen LogP contribution in [0.3, 0.4) is 0 Å². The van der Waals surface area contributed by atoms with Crippen LogP contribution in [0, 0.1) is 5.41 Å². The van der Waals surface area contributed by atoms with Crippen molar-refractivity contribution in [2.24, 2.45) is 11.1 Å². The first kappa shape index (κ1) is 17.4. The summed E-state index contributed by atoms with van der Waals surface area (Å²) >= 11 is 0. The van der Waals surface area contributed by atoms with Crippen molar-refractivity contribution < 1.29 is 9.53 Å². The van der Waals surface area contributed by atoms with E-state index in [1.165, 1.54) is 10.6 Å². The van der Waals surface area contributed by atoms with Crippen molar-refractivity contribution >= 4 is 11.6 Å². The summed E-state index contributed by atoms with van der Waals surface area (Å²) < 4.78 is 6.46. The number of nitrogens with zero attached hydrogens (tertiary/aromatic N) is 1. The molecule has 1 heterocycles. The number of methoxy groups -OCH3 is 1. The van der Waals surface area contributed by atoms with E-state index >= 15 is 0 Å². The van der Waals surface area contributed by atoms with E-state index in [9.17, 15) is 9.59 Å². The van der Waals surface area contributed by atoms with Gasteiger partial charge in [-0.05, 0) is 33.8 Å². The van der Waals surface area contributed by atoms with E-state index in [0.29, 0.717) is 18.8 Å². The molecule has 0 atom stereocenters. The summed E-state index contributed by atoms with van der Waals surface area (Å²) in [7, 11) is 1.57. The van der Waals surface area contributed by atoms with E-state index in [-0.39, 0.29) is 11.5 Å². The van der Waals surface area contributed by atoms with Crippen molar-refractivity contribution in [2.45, 2.75) is 39.8 Å². The van der Waals surface area contributed by atoms with Gasteiger partial charge >= 0.3 is 0 Å². The molecule has 1 rings (SSSR count). The Morgan fingerprint density at radius 3 is 2.48 bits per heavy atom. The fourth-order valence-electron chi connectivity index (χ4n) is 1.55. The summed E-state index contributed by atoms with van der Waals surface area (Å²) in [4.78, 5) is 24.1. The minimum atomic E-state index is -0.750. The van der Waals surface area contributed by atoms with E-state index in [4.69, 9.17) is 10.5 Å². The van der Waals surface area contributed by atoms with E-state index in [1.54, 1.807) is 33.2 Å². The van der Waals surface area contributed by atoms with E-state index in [0.717, 1.165) is 0 Å². The molecular weight excluding hydrogens is 270 g/mol. The Labute approximate surface area is 125 Å². The average molecular weight is 295 g/mol. The van der Waals surface area contributed by atoms with Crippen molar-refractivity contribution in [2.75, 3.05) is 19.0 Å². The highest BCUT2D eigenvalue weighted by Gasteiger charge is 2.40. The molecule has 1 aromatic rings. The predicted octanol–water partition coefficient (Wildman–Crippen LogP) is 1.20. The van der Waals surface area contributed by atoms with Crippen molar-refractivity contribution in [3.05, 3.63) is 28.7 Å². The quantitative estimate of drug-likeness (QED) is 0.825. The molecule has 118 valence electrons. The second-order valence-corrected chi connectivity index (χ2v) is 6.24. The lowest BCUT2D eigenvalue weighted by Crippen LogP contribution is -2.53. The van der Waals surface area contributed by atoms with Gasteiger partial charge in [0.2, 0.25) is 5.91 Å². The molecule has 0 unspecified atom stereocenters. The molecule has 3 N–H and O–H groups in total. The molecule has 0 bridgehead atoms. The van der Waals surface area contributed by atoms with Crippen LogP contribution in [-0.2, 0) is 16.1 Å². The SMILES string of the molecule is COCCn1cc(NC(=O)C(C)(C)C(C)(C)N)ccc1=O. The third kappa shape index (κ3) is 4.15. The Kier molecular flexibility index (Phi) is 5.31. The van der Waals surface area contributed by atoms with Gasteiger partial charge < -0.3 is 20.4 Å². The third-order valence-corrected chi connectivity index (χ3v) is 3.96. The van der Waals surface area contributed by atoms with Gasteiger partial charge in [-0.3, -0.25) is 9.59 Å². The summed E-state index contributed by atoms with van der Waals surface area (Å²) in [5.74, 6) is -0.188. The molecule has 0 aromatic carbocycles. The molecule has 0 saturated heterocycles. The van der Waals surface area contributed by atoms with Gasteiger partial charge in [0.1, 0.15) is 0 Å². The van der Waals surface area contributed by atoms with Crippen LogP contribution in [0.15, 0.2) is 23.1 Å². The van der Waals surface area contributed by atoms with Gasteiger partial charge in [0, 0.05) is 31.5 Å². The Balaban J connectivity index is 2.94. The topological polar surface area (TPSA) is 86.3 Å². The highest BCUT2D eigenvalue weighted by atomic mass is 16.5. The van der Waals surface area contributed by atoms with Crippen molar-refractivity contribution in [1.29, 1.82) is 0 Å². The number of ether oxygens (including phenoxy) is 1. The van der Waals surface area contributed by atoms with Crippen LogP contribution in [0.5, 0.6) is 0 Å². The van der Waals surface area contributed by atoms with Crippen LogP contribution in [0.4, 0.5) is 5.69 Å². The molecule has 0 radical (unpaired) electrons. The van der Waals surface area contributed by atoms with Crippen molar-refractivity contribution in [3.8, 4) is 0 Å². The van der Waals surface area contributed by atoms with Crippen LogP contribution in [0.25, 0.3) is 0 Å². The number of carbonyl (C=O) groups excluding carboxylic acids is 1. The van der Waals surface area contributed by atoms with Gasteiger partial charge in [0.05, 0.1) is 17.7 Å². The first-order valence-corrected chi connectivity index (χ1v) is 6.89. The smallest absolute Gasteiger partial charge is 0.250 e. The lowest BCUT2D eigenvalue weighted by Gasteiger charge is -2.36. The van der Waals surface area contributed by atoms with Gasteiger partial charge in [-0.2, -0.15) is 0 Å². The van der Waals surface area contributed by atoms with Gasteiger partial charge in [-0.25, -0.2) is 0 Å². The summed E-state index contributed by atoms with van der Waals surface area (Å²) in [5, 5.41) is 2.81. The lowest BCUT2D eigenvalue weighted by atomic mass is 9.74. The molecule has 6 heteroatoms. The minimum Gasteiger partial charge on any atom is -0.383 e. The maximum absolute atomic E-state index is 12.4. The maximum Gasteiger partial charge on any atom is 0.250 e. The van der Waals surface area contributed by atoms with E-state index < -0.39 is 11.0 Å². The molecular formula is C15H25N3O3. The second-order valence-electron chi connectivity index (χ2n) is 6.24. The minimum absolute atomic E-state index is 0.136. The normalized spacial score (nSPS) is 12.3. The molecule has 1 aromatic heterocycles. The molecule has 0 aliphatic rings. The van der Waals surface area contributed by atoms with Crippen LogP contribution < -0.4 is 16.6 Å². The largest absolute Gasteiger partial charge is 0.383 e. The number of aromatic nitrogens is 1. The molecule has 1 amide bonds. The van der Waals surface area contributed by atoms with Crippen LogP contribution in [0.1, 0.15) is 27.7 Å². The number of nitrogens with one attached hydrogen (secondary N) is 1. The number of rotatable bonds is 6. The Morgan fingerprint density at radius 2 is 1.95 bits per heavy atom. The zero-order valence-electron chi connectivity index (χ0n) is 13.4. The van der Waals surface area contributed by atoms with Crippen LogP contribution in [-0.4, -0.2) is 29.7 Å². The predicted molar refractivity (Wildman–Crippen MR) is 83.3 cm³/mol. The maximum atomic E-state index is 12.4. The van der Waals surface area contributed by atoms with Gasteiger partial charge in [0.25, 0.3) is 5.56 Å². The zero-order chi connectivity index (χ0) is 16.3. The molecule has 21 heavy (non-hydrogen) atoms. The Morgan fingerprint density at radius 1 is 1.33 bits per heavy atom. The highest BCUT2D eigenvalue weighted by Crippen LogP contribution is 2.29. The molecule has 0 aliphatic carbocycles. The number of amides is 1. The summed E-state index contributed by atoms with van der Waals surface area (Å²) in [6.45, 7) is 8.08. The first-order chi connectivity index (χ1) is 9.59. The lowest BCUT2D eigenvalue weighted by molar-refractivity contribution is -0.126. The highest BCUT2D eigenvalue weighted by molar-refractivity contribution is 5.95. The van der Waals surface area contributed by atoms with Crippen molar-refractivity contribution in [1.82, 2.24) is 4.57 Å². The molecule has 0 saturated carbocycles. The Bertz CT molecular complexity index is 556. The first-order valence-electron chi connectivity index (χ1n) is 6.89. The van der Waals surface area contributed by atoms with Crippen LogP contribution >= 0.6 is 0 Å². The number of anilines is 1. The van der Waals surface area contributed by atoms with Crippen LogP contribution in [0.2, 0.25) is 0 Å². The number of hydrogen-bond donors (Lipinski definition) is 2. The fourth-order valence-corrected chi connectivity index (χ4v) is 1.55. The summed E-state index contributed by atoms with van der Waals surface area (Å²) in [6, 6.07) is 3.01. The van der Waals surface area contributed by atoms with E-state index in [1.807, 2.05) is 13.8 Å². The Hall–Kier alpha value is -1.66. The number of hydrogen-bond acceptors (Lipinski definition) is 4. The molecule has 0 spiro atoms. The van der Waals surface area contributed by atoms with E-state index in [2.05, 4.69) is 5.32 Å². The monoisotopic (exact) mass is 295 g/mol. The summed E-state index contributed by atoms with van der Waals surface area (Å²) in [5.41, 5.74) is 5.07. The fraction of sp³-hybridized carbons (Fsp3) is 0.600. The van der Waals surface area contributed by atoms with Gasteiger partial charge in [0.15, 0.2) is 0 Å². The average Bonchev–Trinajstić information content (AvgIpc) is 2.37. The third-order valence-electron chi connectivity index (χ3n) is 3.96. The van der Waals surface area contributed by atoms with Crippen molar-refractivity contribution in [3.63, 3.8) is 0 Å². The number of nitrogens with two attached hydrogens (primary N) is 1. The second kappa shape index (κ2) is 6.41. The molecule has 0 aliphatic heterocycles. The molecule has 0 fully saturated rings. The number of carbonyl (C=O) groups is 1. The van der Waals surface area contributed by atoms with Gasteiger partial charge in [-0.15, -0.1) is 0 Å². The zero-order valence-corrected chi connectivity index (χ0v) is 13.4. The molecule has 6 nitrogen and oxygen atoms in total. The number of pyridine rings is 1. The van der Waals surface area contributed by atoms with Gasteiger partial charge in [-0.1, -0.05) is 0 Å². The summed E-state index contributed by atoms with van der Waals surface area (Å²) in [6.07, 6.45) is 1.61. The standard InChI is InChI=1S/C15H25N3O3/c1-14(2,15(3,4)16)13(20)17-11-6-7-12(19)18(10-11)8-9-21-5/h6-7,10H,8-9,16H2,1-5H3,(H,17,20).